The fraction of sp³-hybridized carbons (Fsp3) is 0.625. The Hall–Kier alpha value is -1.30. The molecule has 1 aliphatic rings. The summed E-state index contributed by atoms with van der Waals surface area (Å²) in [6.45, 7) is 3.78. The molecule has 2 N–H and O–H groups in total. The molecule has 0 amide bonds. The standard InChI is InChI=1S/C16H25NO4/c1-19-15-7-2-5-13(16(15)18)11-17-8-4-9-20-12-14-6-3-10-21-14/h2,5,7,14,17-18H,3-4,6,8-12H2,1H3. The first-order chi connectivity index (χ1) is 10.3. The predicted octanol–water partition coefficient (Wildman–Crippen LogP) is 2.08. The van der Waals surface area contributed by atoms with Gasteiger partial charge >= 0.3 is 0 Å². The number of ether oxygens (including phenoxy) is 3. The van der Waals surface area contributed by atoms with Crippen LogP contribution in [0.3, 0.4) is 0 Å². The van der Waals surface area contributed by atoms with Crippen LogP contribution < -0.4 is 10.1 Å². The molecule has 1 aromatic carbocycles. The minimum absolute atomic E-state index is 0.210. The largest absolute Gasteiger partial charge is 0.504 e. The van der Waals surface area contributed by atoms with E-state index >= 15 is 0 Å². The van der Waals surface area contributed by atoms with E-state index in [0.717, 1.165) is 44.6 Å². The highest BCUT2D eigenvalue weighted by Crippen LogP contribution is 2.28. The Morgan fingerprint density at radius 3 is 3.10 bits per heavy atom. The Labute approximate surface area is 126 Å². The Balaban J connectivity index is 1.55. The summed E-state index contributed by atoms with van der Waals surface area (Å²) in [6.07, 6.45) is 3.51. The summed E-state index contributed by atoms with van der Waals surface area (Å²) in [6, 6.07) is 5.51. The molecule has 1 aromatic rings. The fourth-order valence-corrected chi connectivity index (χ4v) is 2.39. The molecule has 0 saturated carbocycles. The molecule has 1 fully saturated rings. The normalized spacial score (nSPS) is 18.0. The number of nitrogens with one attached hydrogen (secondary N) is 1. The maximum absolute atomic E-state index is 9.95. The van der Waals surface area contributed by atoms with E-state index in [2.05, 4.69) is 5.32 Å². The highest BCUT2D eigenvalue weighted by molar-refractivity contribution is 5.45. The third-order valence-electron chi connectivity index (χ3n) is 3.59. The van der Waals surface area contributed by atoms with Gasteiger partial charge in [0.1, 0.15) is 0 Å². The fourth-order valence-electron chi connectivity index (χ4n) is 2.39. The van der Waals surface area contributed by atoms with Gasteiger partial charge in [-0.1, -0.05) is 12.1 Å². The average Bonchev–Trinajstić information content (AvgIpc) is 3.01. The second kappa shape index (κ2) is 8.87. The van der Waals surface area contributed by atoms with Crippen LogP contribution in [0.2, 0.25) is 0 Å². The minimum Gasteiger partial charge on any atom is -0.504 e. The second-order valence-electron chi connectivity index (χ2n) is 5.21. The molecule has 2 rings (SSSR count). The summed E-state index contributed by atoms with van der Waals surface area (Å²) in [5.41, 5.74) is 0.842. The van der Waals surface area contributed by atoms with Gasteiger partial charge in [0, 0.05) is 25.3 Å². The highest BCUT2D eigenvalue weighted by atomic mass is 16.5. The monoisotopic (exact) mass is 295 g/mol. The van der Waals surface area contributed by atoms with Crippen LogP contribution in [0.5, 0.6) is 11.5 Å². The van der Waals surface area contributed by atoms with E-state index in [1.165, 1.54) is 0 Å². The molecule has 21 heavy (non-hydrogen) atoms. The third kappa shape index (κ3) is 5.19. The molecule has 1 aliphatic heterocycles. The smallest absolute Gasteiger partial charge is 0.162 e. The second-order valence-corrected chi connectivity index (χ2v) is 5.21. The molecule has 0 aliphatic carbocycles. The summed E-state index contributed by atoms with van der Waals surface area (Å²) in [7, 11) is 1.55. The van der Waals surface area contributed by atoms with Gasteiger partial charge in [-0.15, -0.1) is 0 Å². The number of hydrogen-bond donors (Lipinski definition) is 2. The molecule has 5 heteroatoms. The first kappa shape index (κ1) is 16.1. The molecule has 0 bridgehead atoms. The van der Waals surface area contributed by atoms with Crippen LogP contribution in [0, 0.1) is 0 Å². The molecule has 0 spiro atoms. The first-order valence-corrected chi connectivity index (χ1v) is 7.56. The number of methoxy groups -OCH3 is 1. The maximum Gasteiger partial charge on any atom is 0.162 e. The lowest BCUT2D eigenvalue weighted by Gasteiger charge is -2.11. The van der Waals surface area contributed by atoms with Crippen molar-refractivity contribution in [2.24, 2.45) is 0 Å². The third-order valence-corrected chi connectivity index (χ3v) is 3.59. The van der Waals surface area contributed by atoms with E-state index in [-0.39, 0.29) is 5.75 Å². The Kier molecular flexibility index (Phi) is 6.79. The SMILES string of the molecule is COc1cccc(CNCCCOCC2CCCO2)c1O. The van der Waals surface area contributed by atoms with Gasteiger partial charge in [-0.25, -0.2) is 0 Å². The summed E-state index contributed by atoms with van der Waals surface area (Å²) >= 11 is 0. The molecule has 118 valence electrons. The Morgan fingerprint density at radius 1 is 1.43 bits per heavy atom. The summed E-state index contributed by atoms with van der Waals surface area (Å²) in [5.74, 6) is 0.719. The van der Waals surface area contributed by atoms with Crippen LogP contribution >= 0.6 is 0 Å². The number of phenolic OH excluding ortho intramolecular Hbond substituents is 1. The molecular weight excluding hydrogens is 270 g/mol. The molecule has 1 saturated heterocycles. The lowest BCUT2D eigenvalue weighted by Crippen LogP contribution is -2.19. The molecule has 5 nitrogen and oxygen atoms in total. The maximum atomic E-state index is 9.95. The minimum atomic E-state index is 0.210. The molecular formula is C16H25NO4. The van der Waals surface area contributed by atoms with Crippen molar-refractivity contribution in [2.75, 3.05) is 33.5 Å². The Bertz CT molecular complexity index is 419. The van der Waals surface area contributed by atoms with Gasteiger partial charge in [-0.3, -0.25) is 0 Å². The van der Waals surface area contributed by atoms with Gasteiger partial charge in [0.05, 0.1) is 19.8 Å². The Morgan fingerprint density at radius 2 is 2.33 bits per heavy atom. The van der Waals surface area contributed by atoms with Crippen LogP contribution in [-0.2, 0) is 16.0 Å². The zero-order valence-corrected chi connectivity index (χ0v) is 12.6. The molecule has 0 aromatic heterocycles. The number of aromatic hydroxyl groups is 1. The van der Waals surface area contributed by atoms with Crippen LogP contribution in [0.1, 0.15) is 24.8 Å². The van der Waals surface area contributed by atoms with Gasteiger partial charge in [-0.2, -0.15) is 0 Å². The van der Waals surface area contributed by atoms with E-state index in [4.69, 9.17) is 14.2 Å². The summed E-state index contributed by atoms with van der Waals surface area (Å²) in [4.78, 5) is 0. The van der Waals surface area contributed by atoms with Crippen molar-refractivity contribution >= 4 is 0 Å². The van der Waals surface area contributed by atoms with Crippen molar-refractivity contribution in [1.29, 1.82) is 0 Å². The van der Waals surface area contributed by atoms with Gasteiger partial charge in [0.15, 0.2) is 11.5 Å². The van der Waals surface area contributed by atoms with Crippen LogP contribution in [0.15, 0.2) is 18.2 Å². The van der Waals surface area contributed by atoms with Crippen molar-refractivity contribution in [1.82, 2.24) is 5.32 Å². The van der Waals surface area contributed by atoms with E-state index in [1.807, 2.05) is 12.1 Å². The lowest BCUT2D eigenvalue weighted by atomic mass is 10.2. The number of hydrogen-bond acceptors (Lipinski definition) is 5. The van der Waals surface area contributed by atoms with E-state index in [1.54, 1.807) is 13.2 Å². The van der Waals surface area contributed by atoms with Crippen molar-refractivity contribution in [3.8, 4) is 11.5 Å². The van der Waals surface area contributed by atoms with Crippen molar-refractivity contribution < 1.29 is 19.3 Å². The van der Waals surface area contributed by atoms with E-state index in [0.29, 0.717) is 25.0 Å². The van der Waals surface area contributed by atoms with E-state index < -0.39 is 0 Å². The van der Waals surface area contributed by atoms with Gasteiger partial charge < -0.3 is 24.6 Å². The highest BCUT2D eigenvalue weighted by Gasteiger charge is 2.14. The number of benzene rings is 1. The van der Waals surface area contributed by atoms with Crippen molar-refractivity contribution in [3.63, 3.8) is 0 Å². The topological polar surface area (TPSA) is 60.0 Å². The molecule has 1 atom stereocenters. The predicted molar refractivity (Wildman–Crippen MR) is 80.8 cm³/mol. The molecule has 0 radical (unpaired) electrons. The first-order valence-electron chi connectivity index (χ1n) is 7.56. The zero-order chi connectivity index (χ0) is 14.9. The van der Waals surface area contributed by atoms with Crippen molar-refractivity contribution in [2.45, 2.75) is 31.9 Å². The number of para-hydroxylation sites is 1. The zero-order valence-electron chi connectivity index (χ0n) is 12.6. The summed E-state index contributed by atoms with van der Waals surface area (Å²) in [5, 5.41) is 13.2. The van der Waals surface area contributed by atoms with Crippen LogP contribution in [-0.4, -0.2) is 44.7 Å². The van der Waals surface area contributed by atoms with E-state index in [9.17, 15) is 5.11 Å². The van der Waals surface area contributed by atoms with Gasteiger partial charge in [-0.05, 0) is 31.9 Å². The molecule has 1 heterocycles. The quantitative estimate of drug-likeness (QED) is 0.683. The van der Waals surface area contributed by atoms with Crippen molar-refractivity contribution in [3.05, 3.63) is 23.8 Å². The van der Waals surface area contributed by atoms with Gasteiger partial charge in [0.25, 0.3) is 0 Å². The van der Waals surface area contributed by atoms with Crippen LogP contribution in [0.25, 0.3) is 0 Å². The number of rotatable bonds is 9. The van der Waals surface area contributed by atoms with Gasteiger partial charge in [0.2, 0.25) is 0 Å². The number of phenols is 1. The average molecular weight is 295 g/mol. The lowest BCUT2D eigenvalue weighted by molar-refractivity contribution is 0.0166. The van der Waals surface area contributed by atoms with Crippen LogP contribution in [0.4, 0.5) is 0 Å². The summed E-state index contributed by atoms with van der Waals surface area (Å²) < 4.78 is 16.2. The molecule has 1 unspecified atom stereocenters.